The Kier molecular flexibility index (Phi) is 6.71. The Hall–Kier alpha value is -2.79. The quantitative estimate of drug-likeness (QED) is 0.627. The molecule has 3 heterocycles. The number of hydrogen-bond donors (Lipinski definition) is 1. The first-order chi connectivity index (χ1) is 13.5. The summed E-state index contributed by atoms with van der Waals surface area (Å²) in [6.07, 6.45) is 3.67. The minimum Gasteiger partial charge on any atom is -0.370 e. The highest BCUT2D eigenvalue weighted by molar-refractivity contribution is 5.35. The van der Waals surface area contributed by atoms with E-state index >= 15 is 0 Å². The van der Waals surface area contributed by atoms with Gasteiger partial charge in [-0.2, -0.15) is 0 Å². The fourth-order valence-corrected chi connectivity index (χ4v) is 2.86. The first-order valence-corrected chi connectivity index (χ1v) is 9.70. The molecule has 0 aliphatic heterocycles. The van der Waals surface area contributed by atoms with Crippen LogP contribution in [0.2, 0.25) is 0 Å². The Morgan fingerprint density at radius 3 is 1.86 bits per heavy atom. The Morgan fingerprint density at radius 2 is 1.32 bits per heavy atom. The van der Waals surface area contributed by atoms with Crippen LogP contribution in [-0.4, -0.2) is 26.4 Å². The summed E-state index contributed by atoms with van der Waals surface area (Å²) in [5.74, 6) is 0.919. The lowest BCUT2D eigenvalue weighted by molar-refractivity contribution is 0.239. The van der Waals surface area contributed by atoms with Gasteiger partial charge in [0.15, 0.2) is 0 Å². The fourth-order valence-electron chi connectivity index (χ4n) is 2.86. The van der Waals surface area contributed by atoms with Crippen molar-refractivity contribution in [1.29, 1.82) is 0 Å². The zero-order valence-electron chi connectivity index (χ0n) is 17.0. The number of anilines is 1. The monoisotopic (exact) mass is 375 g/mol. The molecule has 28 heavy (non-hydrogen) atoms. The third-order valence-corrected chi connectivity index (χ3v) is 4.22. The molecule has 3 aromatic heterocycles. The SMILES string of the molecule is CC(C)(C)CNc1cccc(CN(Cc2ccccn2)Cc2ccccn2)n1. The van der Waals surface area contributed by atoms with Gasteiger partial charge >= 0.3 is 0 Å². The van der Waals surface area contributed by atoms with Gasteiger partial charge in [-0.1, -0.05) is 39.0 Å². The van der Waals surface area contributed by atoms with Crippen LogP contribution in [0.3, 0.4) is 0 Å². The second kappa shape index (κ2) is 9.42. The molecule has 0 atom stereocenters. The lowest BCUT2D eigenvalue weighted by atomic mass is 9.97. The first kappa shape index (κ1) is 20.0. The van der Waals surface area contributed by atoms with Crippen LogP contribution in [0.25, 0.3) is 0 Å². The molecule has 0 saturated heterocycles. The van der Waals surface area contributed by atoms with E-state index < -0.39 is 0 Å². The van der Waals surface area contributed by atoms with E-state index in [1.807, 2.05) is 42.7 Å². The molecule has 0 radical (unpaired) electrons. The van der Waals surface area contributed by atoms with Gasteiger partial charge in [-0.25, -0.2) is 4.98 Å². The van der Waals surface area contributed by atoms with E-state index in [1.165, 1.54) is 0 Å². The molecule has 0 bridgehead atoms. The predicted molar refractivity (Wildman–Crippen MR) is 114 cm³/mol. The molecule has 0 aromatic carbocycles. The Balaban J connectivity index is 1.73. The fraction of sp³-hybridized carbons (Fsp3) is 0.348. The van der Waals surface area contributed by atoms with Crippen LogP contribution < -0.4 is 5.32 Å². The molecule has 0 saturated carbocycles. The highest BCUT2D eigenvalue weighted by Crippen LogP contribution is 2.16. The van der Waals surface area contributed by atoms with Crippen LogP contribution in [0.1, 0.15) is 37.9 Å². The molecule has 0 aliphatic rings. The molecule has 0 unspecified atom stereocenters. The van der Waals surface area contributed by atoms with Crippen molar-refractivity contribution in [1.82, 2.24) is 19.9 Å². The van der Waals surface area contributed by atoms with Crippen LogP contribution in [0, 0.1) is 5.41 Å². The van der Waals surface area contributed by atoms with Crippen molar-refractivity contribution >= 4 is 5.82 Å². The van der Waals surface area contributed by atoms with Crippen molar-refractivity contribution in [3.63, 3.8) is 0 Å². The smallest absolute Gasteiger partial charge is 0.126 e. The van der Waals surface area contributed by atoms with E-state index in [0.29, 0.717) is 0 Å². The van der Waals surface area contributed by atoms with Crippen molar-refractivity contribution in [2.24, 2.45) is 5.41 Å². The lowest BCUT2D eigenvalue weighted by Crippen LogP contribution is -2.24. The van der Waals surface area contributed by atoms with Gasteiger partial charge in [0.05, 0.1) is 17.1 Å². The van der Waals surface area contributed by atoms with Gasteiger partial charge < -0.3 is 5.32 Å². The zero-order chi connectivity index (χ0) is 19.8. The second-order valence-corrected chi connectivity index (χ2v) is 8.22. The van der Waals surface area contributed by atoms with Gasteiger partial charge in [0, 0.05) is 38.6 Å². The van der Waals surface area contributed by atoms with E-state index in [1.54, 1.807) is 0 Å². The van der Waals surface area contributed by atoms with Gasteiger partial charge in [-0.15, -0.1) is 0 Å². The summed E-state index contributed by atoms with van der Waals surface area (Å²) >= 11 is 0. The summed E-state index contributed by atoms with van der Waals surface area (Å²) in [5.41, 5.74) is 3.33. The van der Waals surface area contributed by atoms with Crippen molar-refractivity contribution < 1.29 is 0 Å². The van der Waals surface area contributed by atoms with Crippen molar-refractivity contribution in [3.8, 4) is 0 Å². The maximum Gasteiger partial charge on any atom is 0.126 e. The summed E-state index contributed by atoms with van der Waals surface area (Å²) in [5, 5.41) is 3.44. The molecule has 3 aromatic rings. The Bertz CT molecular complexity index is 802. The summed E-state index contributed by atoms with van der Waals surface area (Å²) in [7, 11) is 0. The molecule has 1 N–H and O–H groups in total. The van der Waals surface area contributed by atoms with Gasteiger partial charge in [0.25, 0.3) is 0 Å². The van der Waals surface area contributed by atoms with E-state index in [2.05, 4.69) is 65.2 Å². The van der Waals surface area contributed by atoms with E-state index in [4.69, 9.17) is 4.98 Å². The number of rotatable bonds is 8. The van der Waals surface area contributed by atoms with Crippen LogP contribution in [0.4, 0.5) is 5.82 Å². The molecule has 5 heteroatoms. The van der Waals surface area contributed by atoms with Crippen LogP contribution in [0.15, 0.2) is 67.0 Å². The average Bonchev–Trinajstić information content (AvgIpc) is 2.68. The number of nitrogens with zero attached hydrogens (tertiary/aromatic N) is 4. The molecule has 5 nitrogen and oxygen atoms in total. The second-order valence-electron chi connectivity index (χ2n) is 8.22. The molecule has 0 aliphatic carbocycles. The number of aromatic nitrogens is 3. The zero-order valence-corrected chi connectivity index (χ0v) is 17.0. The minimum absolute atomic E-state index is 0.210. The first-order valence-electron chi connectivity index (χ1n) is 9.70. The largest absolute Gasteiger partial charge is 0.370 e. The van der Waals surface area contributed by atoms with E-state index in [-0.39, 0.29) is 5.41 Å². The molecular formula is C23H29N5. The third-order valence-electron chi connectivity index (χ3n) is 4.22. The number of nitrogens with one attached hydrogen (secondary N) is 1. The Morgan fingerprint density at radius 1 is 0.750 bits per heavy atom. The van der Waals surface area contributed by atoms with Gasteiger partial charge in [0.1, 0.15) is 5.82 Å². The highest BCUT2D eigenvalue weighted by atomic mass is 15.1. The molecule has 0 spiro atoms. The van der Waals surface area contributed by atoms with E-state index in [0.717, 1.165) is 49.1 Å². The van der Waals surface area contributed by atoms with Gasteiger partial charge in [0.2, 0.25) is 0 Å². The summed E-state index contributed by atoms with van der Waals surface area (Å²) < 4.78 is 0. The van der Waals surface area contributed by atoms with Gasteiger partial charge in [-0.3, -0.25) is 14.9 Å². The Labute approximate surface area is 167 Å². The van der Waals surface area contributed by atoms with E-state index in [9.17, 15) is 0 Å². The van der Waals surface area contributed by atoms with Crippen LogP contribution >= 0.6 is 0 Å². The minimum atomic E-state index is 0.210. The lowest BCUT2D eigenvalue weighted by Gasteiger charge is -2.22. The van der Waals surface area contributed by atoms with Crippen molar-refractivity contribution in [2.45, 2.75) is 40.4 Å². The third kappa shape index (κ3) is 6.74. The summed E-state index contributed by atoms with van der Waals surface area (Å²) in [6.45, 7) is 9.76. The van der Waals surface area contributed by atoms with Crippen molar-refractivity contribution in [3.05, 3.63) is 84.1 Å². The van der Waals surface area contributed by atoms with Crippen molar-refractivity contribution in [2.75, 3.05) is 11.9 Å². The predicted octanol–water partition coefficient (Wildman–Crippen LogP) is 4.53. The number of hydrogen-bond acceptors (Lipinski definition) is 5. The highest BCUT2D eigenvalue weighted by Gasteiger charge is 2.12. The van der Waals surface area contributed by atoms with Crippen LogP contribution in [-0.2, 0) is 19.6 Å². The standard InChI is InChI=1S/C23H29N5/c1-23(2,3)18-26-22-12-8-11-21(27-22)17-28(15-19-9-4-6-13-24-19)16-20-10-5-7-14-25-20/h4-14H,15-18H2,1-3H3,(H,26,27). The molecule has 0 fully saturated rings. The number of pyridine rings is 3. The molecule has 0 amide bonds. The summed E-state index contributed by atoms with van der Waals surface area (Å²) in [4.78, 5) is 16.1. The molecule has 146 valence electrons. The maximum atomic E-state index is 4.81. The average molecular weight is 376 g/mol. The van der Waals surface area contributed by atoms with Crippen LogP contribution in [0.5, 0.6) is 0 Å². The molecular weight excluding hydrogens is 346 g/mol. The topological polar surface area (TPSA) is 53.9 Å². The van der Waals surface area contributed by atoms with Gasteiger partial charge in [-0.05, 0) is 41.8 Å². The normalized spacial score (nSPS) is 11.6. The summed E-state index contributed by atoms with van der Waals surface area (Å²) in [6, 6.07) is 18.2. The molecule has 3 rings (SSSR count). The maximum absolute atomic E-state index is 4.81.